The molecule has 0 aliphatic carbocycles. The lowest BCUT2D eigenvalue weighted by atomic mass is 9.82. The Morgan fingerprint density at radius 2 is 1.57 bits per heavy atom. The van der Waals surface area contributed by atoms with Crippen LogP contribution in [-0.4, -0.2) is 0 Å². The highest BCUT2D eigenvalue weighted by Crippen LogP contribution is 2.29. The minimum Gasteiger partial charge on any atom is -0.0654 e. The first-order valence-corrected chi connectivity index (χ1v) is 6.48. The monoisotopic (exact) mass is 198 g/mol. The average molecular weight is 198 g/mol. The molecule has 0 unspecified atom stereocenters. The van der Waals surface area contributed by atoms with Crippen molar-refractivity contribution in [2.24, 2.45) is 11.3 Å². The standard InChI is InChI=1S/C14H30/c1-6-11-14(4,5)12-9-7-8-10-13(2)3/h13H,6-12H2,1-5H3. The van der Waals surface area contributed by atoms with Crippen molar-refractivity contribution in [2.45, 2.75) is 79.6 Å². The molecule has 0 aliphatic rings. The summed E-state index contributed by atoms with van der Waals surface area (Å²) in [7, 11) is 0. The summed E-state index contributed by atoms with van der Waals surface area (Å²) in [5, 5.41) is 0. The van der Waals surface area contributed by atoms with Crippen LogP contribution in [0.3, 0.4) is 0 Å². The van der Waals surface area contributed by atoms with Gasteiger partial charge in [-0.25, -0.2) is 0 Å². The van der Waals surface area contributed by atoms with Crippen molar-refractivity contribution in [1.29, 1.82) is 0 Å². The van der Waals surface area contributed by atoms with E-state index in [9.17, 15) is 0 Å². The van der Waals surface area contributed by atoms with E-state index >= 15 is 0 Å². The summed E-state index contributed by atoms with van der Waals surface area (Å²) in [6.07, 6.45) is 9.84. The summed E-state index contributed by atoms with van der Waals surface area (Å²) >= 11 is 0. The lowest BCUT2D eigenvalue weighted by molar-refractivity contribution is 0.290. The third kappa shape index (κ3) is 8.59. The van der Waals surface area contributed by atoms with E-state index in [0.29, 0.717) is 5.41 Å². The molecule has 0 heterocycles. The maximum Gasteiger partial charge on any atom is -0.0354 e. The van der Waals surface area contributed by atoms with Crippen LogP contribution in [0.1, 0.15) is 79.6 Å². The summed E-state index contributed by atoms with van der Waals surface area (Å²) in [5.74, 6) is 0.888. The fraction of sp³-hybridized carbons (Fsp3) is 1.00. The molecule has 0 saturated heterocycles. The maximum atomic E-state index is 2.42. The molecule has 0 nitrogen and oxygen atoms in total. The Bertz CT molecular complexity index is 122. The predicted molar refractivity (Wildman–Crippen MR) is 66.6 cm³/mol. The Labute approximate surface area is 91.5 Å². The fourth-order valence-electron chi connectivity index (χ4n) is 2.13. The molecule has 0 aromatic carbocycles. The summed E-state index contributed by atoms with van der Waals surface area (Å²) in [6.45, 7) is 11.8. The number of hydrogen-bond acceptors (Lipinski definition) is 0. The third-order valence-corrected chi connectivity index (χ3v) is 3.06. The average Bonchev–Trinajstić information content (AvgIpc) is 2.02. The first-order valence-electron chi connectivity index (χ1n) is 6.48. The highest BCUT2D eigenvalue weighted by Gasteiger charge is 2.15. The van der Waals surface area contributed by atoms with Gasteiger partial charge < -0.3 is 0 Å². The van der Waals surface area contributed by atoms with Gasteiger partial charge in [0.2, 0.25) is 0 Å². The molecule has 0 bridgehead atoms. The molecule has 0 N–H and O–H groups in total. The lowest BCUT2D eigenvalue weighted by Gasteiger charge is -2.23. The van der Waals surface area contributed by atoms with E-state index in [1.807, 2.05) is 0 Å². The van der Waals surface area contributed by atoms with Gasteiger partial charge in [-0.05, 0) is 24.2 Å². The van der Waals surface area contributed by atoms with Crippen LogP contribution >= 0.6 is 0 Å². The van der Waals surface area contributed by atoms with Crippen molar-refractivity contribution in [3.05, 3.63) is 0 Å². The van der Waals surface area contributed by atoms with Crippen molar-refractivity contribution in [1.82, 2.24) is 0 Å². The first kappa shape index (κ1) is 14.0. The van der Waals surface area contributed by atoms with Crippen molar-refractivity contribution >= 4 is 0 Å². The molecule has 0 aromatic rings. The van der Waals surface area contributed by atoms with Gasteiger partial charge in [-0.1, -0.05) is 66.7 Å². The zero-order valence-electron chi connectivity index (χ0n) is 11.0. The zero-order chi connectivity index (χ0) is 11.0. The van der Waals surface area contributed by atoms with Crippen LogP contribution in [0.15, 0.2) is 0 Å². The maximum absolute atomic E-state index is 2.42. The Morgan fingerprint density at radius 3 is 2.07 bits per heavy atom. The normalized spacial score (nSPS) is 12.4. The highest BCUT2D eigenvalue weighted by atomic mass is 14.2. The molecule has 0 aliphatic heterocycles. The van der Waals surface area contributed by atoms with Crippen LogP contribution in [-0.2, 0) is 0 Å². The zero-order valence-corrected chi connectivity index (χ0v) is 11.0. The van der Waals surface area contributed by atoms with Crippen LogP contribution in [0, 0.1) is 11.3 Å². The Morgan fingerprint density at radius 1 is 0.929 bits per heavy atom. The molecule has 0 fully saturated rings. The molecule has 0 atom stereocenters. The molecule has 0 aromatic heterocycles. The number of hydrogen-bond donors (Lipinski definition) is 0. The summed E-state index contributed by atoms with van der Waals surface area (Å²) in [5.41, 5.74) is 0.590. The van der Waals surface area contributed by atoms with E-state index in [1.54, 1.807) is 0 Å². The summed E-state index contributed by atoms with van der Waals surface area (Å²) in [6, 6.07) is 0. The molecule has 0 spiro atoms. The van der Waals surface area contributed by atoms with Crippen LogP contribution in [0.2, 0.25) is 0 Å². The minimum atomic E-state index is 0.590. The van der Waals surface area contributed by atoms with E-state index in [1.165, 1.54) is 44.9 Å². The summed E-state index contributed by atoms with van der Waals surface area (Å²) < 4.78 is 0. The van der Waals surface area contributed by atoms with Crippen LogP contribution < -0.4 is 0 Å². The van der Waals surface area contributed by atoms with Gasteiger partial charge in [0.15, 0.2) is 0 Å². The second-order valence-corrected chi connectivity index (χ2v) is 5.91. The van der Waals surface area contributed by atoms with Crippen molar-refractivity contribution in [3.63, 3.8) is 0 Å². The van der Waals surface area contributed by atoms with Gasteiger partial charge >= 0.3 is 0 Å². The lowest BCUT2D eigenvalue weighted by Crippen LogP contribution is -2.10. The van der Waals surface area contributed by atoms with Crippen molar-refractivity contribution in [3.8, 4) is 0 Å². The predicted octanol–water partition coefficient (Wildman–Crippen LogP) is 5.42. The topological polar surface area (TPSA) is 0 Å². The molecule has 0 radical (unpaired) electrons. The van der Waals surface area contributed by atoms with Crippen LogP contribution in [0.25, 0.3) is 0 Å². The van der Waals surface area contributed by atoms with E-state index in [4.69, 9.17) is 0 Å². The molecule has 86 valence electrons. The largest absolute Gasteiger partial charge is 0.0654 e. The van der Waals surface area contributed by atoms with Crippen molar-refractivity contribution in [2.75, 3.05) is 0 Å². The smallest absolute Gasteiger partial charge is 0.0354 e. The quantitative estimate of drug-likeness (QED) is 0.457. The molecule has 0 rings (SSSR count). The Kier molecular flexibility index (Phi) is 7.31. The van der Waals surface area contributed by atoms with Gasteiger partial charge in [0, 0.05) is 0 Å². The third-order valence-electron chi connectivity index (χ3n) is 3.06. The fourth-order valence-corrected chi connectivity index (χ4v) is 2.13. The molecular formula is C14H30. The molecule has 14 heavy (non-hydrogen) atoms. The second-order valence-electron chi connectivity index (χ2n) is 5.91. The van der Waals surface area contributed by atoms with Gasteiger partial charge in [-0.15, -0.1) is 0 Å². The number of unbranched alkanes of at least 4 members (excludes halogenated alkanes) is 2. The van der Waals surface area contributed by atoms with Gasteiger partial charge in [0.1, 0.15) is 0 Å². The second kappa shape index (κ2) is 7.31. The van der Waals surface area contributed by atoms with Crippen LogP contribution in [0.4, 0.5) is 0 Å². The van der Waals surface area contributed by atoms with Crippen molar-refractivity contribution < 1.29 is 0 Å². The van der Waals surface area contributed by atoms with E-state index in [2.05, 4.69) is 34.6 Å². The van der Waals surface area contributed by atoms with Gasteiger partial charge in [-0.3, -0.25) is 0 Å². The Hall–Kier alpha value is 0. The van der Waals surface area contributed by atoms with Crippen LogP contribution in [0.5, 0.6) is 0 Å². The van der Waals surface area contributed by atoms with E-state index in [0.717, 1.165) is 5.92 Å². The van der Waals surface area contributed by atoms with Gasteiger partial charge in [0.05, 0.1) is 0 Å². The highest BCUT2D eigenvalue weighted by molar-refractivity contribution is 4.67. The molecule has 0 heteroatoms. The Balaban J connectivity index is 3.34. The first-order chi connectivity index (χ1) is 6.48. The molecule has 0 amide bonds. The van der Waals surface area contributed by atoms with Gasteiger partial charge in [0.25, 0.3) is 0 Å². The van der Waals surface area contributed by atoms with E-state index < -0.39 is 0 Å². The number of rotatable bonds is 8. The SMILES string of the molecule is CCCC(C)(C)CCCCCC(C)C. The van der Waals surface area contributed by atoms with E-state index in [-0.39, 0.29) is 0 Å². The molecule has 0 saturated carbocycles. The van der Waals surface area contributed by atoms with Gasteiger partial charge in [-0.2, -0.15) is 0 Å². The molecular weight excluding hydrogens is 168 g/mol. The summed E-state index contributed by atoms with van der Waals surface area (Å²) in [4.78, 5) is 0. The minimum absolute atomic E-state index is 0.590.